The number of aromatic nitrogens is 2. The molecule has 2 heterocycles. The highest BCUT2D eigenvalue weighted by atomic mass is 16.5. The van der Waals surface area contributed by atoms with Crippen LogP contribution in [0.3, 0.4) is 0 Å². The Balaban J connectivity index is 1.98. The number of ether oxygens (including phenoxy) is 1. The smallest absolute Gasteiger partial charge is 0.125 e. The number of nitrogens with zero attached hydrogens (tertiary/aromatic N) is 2. The van der Waals surface area contributed by atoms with E-state index in [1.807, 2.05) is 6.92 Å². The van der Waals surface area contributed by atoms with Gasteiger partial charge in [-0.1, -0.05) is 0 Å². The molecule has 1 saturated heterocycles. The summed E-state index contributed by atoms with van der Waals surface area (Å²) in [7, 11) is 0. The highest BCUT2D eigenvalue weighted by molar-refractivity contribution is 5.39. The summed E-state index contributed by atoms with van der Waals surface area (Å²) in [5.74, 6) is 0.797. The third kappa shape index (κ3) is 1.53. The molecule has 1 aliphatic heterocycles. The Morgan fingerprint density at radius 1 is 1.42 bits per heavy atom. The molecule has 0 unspecified atom stereocenters. The number of anilines is 1. The van der Waals surface area contributed by atoms with Crippen LogP contribution in [0.1, 0.15) is 5.82 Å². The van der Waals surface area contributed by atoms with Crippen LogP contribution >= 0.6 is 0 Å². The molecule has 1 aliphatic rings. The number of hydrogen-bond donors (Lipinski definition) is 1. The van der Waals surface area contributed by atoms with E-state index in [0.717, 1.165) is 24.7 Å². The van der Waals surface area contributed by atoms with Gasteiger partial charge in [-0.2, -0.15) is 0 Å². The van der Waals surface area contributed by atoms with E-state index in [2.05, 4.69) is 15.3 Å². The van der Waals surface area contributed by atoms with E-state index >= 15 is 0 Å². The van der Waals surface area contributed by atoms with Gasteiger partial charge in [-0.05, 0) is 6.92 Å². The number of hydrogen-bond acceptors (Lipinski definition) is 4. The van der Waals surface area contributed by atoms with Crippen LogP contribution in [-0.4, -0.2) is 29.2 Å². The van der Waals surface area contributed by atoms with Gasteiger partial charge in [-0.25, -0.2) is 9.97 Å². The maximum Gasteiger partial charge on any atom is 0.125 e. The predicted octanol–water partition coefficient (Wildman–Crippen LogP) is 0.596. The van der Waals surface area contributed by atoms with E-state index in [1.165, 1.54) is 0 Å². The molecule has 1 aromatic heterocycles. The molecular formula is C8H11N3O. The minimum atomic E-state index is 0.441. The van der Waals surface area contributed by atoms with Gasteiger partial charge in [0.1, 0.15) is 5.82 Å². The molecule has 0 spiro atoms. The van der Waals surface area contributed by atoms with Crippen molar-refractivity contribution in [3.8, 4) is 0 Å². The zero-order valence-corrected chi connectivity index (χ0v) is 6.95. The molecule has 0 amide bonds. The van der Waals surface area contributed by atoms with Crippen molar-refractivity contribution in [3.63, 3.8) is 0 Å². The molecule has 1 fully saturated rings. The second kappa shape index (κ2) is 3.06. The quantitative estimate of drug-likeness (QED) is 0.697. The fourth-order valence-corrected chi connectivity index (χ4v) is 1.02. The van der Waals surface area contributed by atoms with E-state index in [-0.39, 0.29) is 0 Å². The first-order valence-corrected chi connectivity index (χ1v) is 3.97. The van der Waals surface area contributed by atoms with Crippen molar-refractivity contribution < 1.29 is 4.74 Å². The van der Waals surface area contributed by atoms with Gasteiger partial charge < -0.3 is 10.1 Å². The third-order valence-electron chi connectivity index (χ3n) is 1.79. The molecule has 12 heavy (non-hydrogen) atoms. The van der Waals surface area contributed by atoms with Crippen LogP contribution in [0.4, 0.5) is 5.69 Å². The SMILES string of the molecule is Cc1ncc(NC2COC2)cn1. The first-order chi connectivity index (χ1) is 5.84. The summed E-state index contributed by atoms with van der Waals surface area (Å²) >= 11 is 0. The Morgan fingerprint density at radius 3 is 2.58 bits per heavy atom. The lowest BCUT2D eigenvalue weighted by Gasteiger charge is -2.27. The second-order valence-corrected chi connectivity index (χ2v) is 2.90. The van der Waals surface area contributed by atoms with Gasteiger partial charge in [0.25, 0.3) is 0 Å². The molecule has 0 aliphatic carbocycles. The molecule has 1 aromatic rings. The summed E-state index contributed by atoms with van der Waals surface area (Å²) in [5.41, 5.74) is 0.967. The van der Waals surface area contributed by atoms with Crippen LogP contribution in [0.5, 0.6) is 0 Å². The fraction of sp³-hybridized carbons (Fsp3) is 0.500. The third-order valence-corrected chi connectivity index (χ3v) is 1.79. The Morgan fingerprint density at radius 2 is 2.08 bits per heavy atom. The van der Waals surface area contributed by atoms with Crippen LogP contribution in [0.25, 0.3) is 0 Å². The Labute approximate surface area is 71.0 Å². The Bertz CT molecular complexity index is 256. The summed E-state index contributed by atoms with van der Waals surface area (Å²) in [4.78, 5) is 8.15. The number of rotatable bonds is 2. The molecule has 0 atom stereocenters. The topological polar surface area (TPSA) is 47.0 Å². The lowest BCUT2D eigenvalue weighted by atomic mass is 10.2. The second-order valence-electron chi connectivity index (χ2n) is 2.90. The first kappa shape index (κ1) is 7.49. The monoisotopic (exact) mass is 165 g/mol. The normalized spacial score (nSPS) is 17.1. The first-order valence-electron chi connectivity index (χ1n) is 3.97. The average Bonchev–Trinajstić information content (AvgIpc) is 2.00. The zero-order chi connectivity index (χ0) is 8.39. The highest BCUT2D eigenvalue weighted by Crippen LogP contribution is 2.09. The van der Waals surface area contributed by atoms with E-state index in [0.29, 0.717) is 6.04 Å². The molecule has 1 N–H and O–H groups in total. The van der Waals surface area contributed by atoms with E-state index in [4.69, 9.17) is 4.74 Å². The number of aryl methyl sites for hydroxylation is 1. The predicted molar refractivity (Wildman–Crippen MR) is 45.0 cm³/mol. The van der Waals surface area contributed by atoms with Gasteiger partial charge in [-0.15, -0.1) is 0 Å². The molecule has 64 valence electrons. The standard InChI is InChI=1S/C8H11N3O/c1-6-9-2-7(3-10-6)11-8-4-12-5-8/h2-3,8,11H,4-5H2,1H3. The van der Waals surface area contributed by atoms with Crippen molar-refractivity contribution in [2.45, 2.75) is 13.0 Å². The van der Waals surface area contributed by atoms with Gasteiger partial charge in [0.05, 0.1) is 37.3 Å². The molecule has 2 rings (SSSR count). The van der Waals surface area contributed by atoms with Crippen molar-refractivity contribution >= 4 is 5.69 Å². The van der Waals surface area contributed by atoms with Crippen molar-refractivity contribution in [1.82, 2.24) is 9.97 Å². The Kier molecular flexibility index (Phi) is 1.91. The van der Waals surface area contributed by atoms with Crippen LogP contribution in [0.2, 0.25) is 0 Å². The lowest BCUT2D eigenvalue weighted by Crippen LogP contribution is -2.40. The molecule has 0 bridgehead atoms. The van der Waals surface area contributed by atoms with E-state index in [9.17, 15) is 0 Å². The van der Waals surface area contributed by atoms with Crippen molar-refractivity contribution in [2.24, 2.45) is 0 Å². The summed E-state index contributed by atoms with van der Waals surface area (Å²) in [6.07, 6.45) is 3.58. The maximum absolute atomic E-state index is 5.03. The van der Waals surface area contributed by atoms with Crippen LogP contribution in [-0.2, 0) is 4.74 Å². The van der Waals surface area contributed by atoms with Gasteiger partial charge in [0, 0.05) is 0 Å². The molecule has 0 aromatic carbocycles. The van der Waals surface area contributed by atoms with Crippen LogP contribution in [0, 0.1) is 6.92 Å². The molecular weight excluding hydrogens is 154 g/mol. The van der Waals surface area contributed by atoms with E-state index in [1.54, 1.807) is 12.4 Å². The minimum absolute atomic E-state index is 0.441. The summed E-state index contributed by atoms with van der Waals surface area (Å²) in [6.45, 7) is 3.44. The zero-order valence-electron chi connectivity index (χ0n) is 6.95. The van der Waals surface area contributed by atoms with Gasteiger partial charge in [0.15, 0.2) is 0 Å². The highest BCUT2D eigenvalue weighted by Gasteiger charge is 2.17. The van der Waals surface area contributed by atoms with Gasteiger partial charge >= 0.3 is 0 Å². The van der Waals surface area contributed by atoms with E-state index < -0.39 is 0 Å². The summed E-state index contributed by atoms with van der Waals surface area (Å²) in [5, 5.41) is 3.26. The minimum Gasteiger partial charge on any atom is -0.377 e. The summed E-state index contributed by atoms with van der Waals surface area (Å²) in [6, 6.07) is 0.441. The number of nitrogens with one attached hydrogen (secondary N) is 1. The maximum atomic E-state index is 5.03. The summed E-state index contributed by atoms with van der Waals surface area (Å²) < 4.78 is 5.03. The average molecular weight is 165 g/mol. The van der Waals surface area contributed by atoms with Crippen molar-refractivity contribution in [2.75, 3.05) is 18.5 Å². The van der Waals surface area contributed by atoms with Crippen LogP contribution in [0.15, 0.2) is 12.4 Å². The fourth-order valence-electron chi connectivity index (χ4n) is 1.02. The lowest BCUT2D eigenvalue weighted by molar-refractivity contribution is 0.0211. The van der Waals surface area contributed by atoms with Crippen molar-refractivity contribution in [1.29, 1.82) is 0 Å². The molecule has 4 heteroatoms. The molecule has 0 radical (unpaired) electrons. The Hall–Kier alpha value is -1.16. The molecule has 0 saturated carbocycles. The van der Waals surface area contributed by atoms with Crippen LogP contribution < -0.4 is 5.32 Å². The van der Waals surface area contributed by atoms with Crippen molar-refractivity contribution in [3.05, 3.63) is 18.2 Å². The largest absolute Gasteiger partial charge is 0.377 e. The van der Waals surface area contributed by atoms with Gasteiger partial charge in [-0.3, -0.25) is 0 Å². The molecule has 4 nitrogen and oxygen atoms in total. The van der Waals surface area contributed by atoms with Gasteiger partial charge in [0.2, 0.25) is 0 Å².